The van der Waals surface area contributed by atoms with E-state index < -0.39 is 0 Å². The molecule has 0 bridgehead atoms. The summed E-state index contributed by atoms with van der Waals surface area (Å²) in [5.74, 6) is 6.51. The summed E-state index contributed by atoms with van der Waals surface area (Å²) < 4.78 is 9.65. The Bertz CT molecular complexity index is 541. The van der Waals surface area contributed by atoms with Crippen molar-refractivity contribution in [3.8, 4) is 5.75 Å². The summed E-state index contributed by atoms with van der Waals surface area (Å²) in [6.07, 6.45) is 0.145. The fourth-order valence-electron chi connectivity index (χ4n) is 1.87. The van der Waals surface area contributed by atoms with Gasteiger partial charge in [-0.05, 0) is 50.0 Å². The second kappa shape index (κ2) is 6.10. The van der Waals surface area contributed by atoms with Crippen LogP contribution in [-0.4, -0.2) is 15.7 Å². The van der Waals surface area contributed by atoms with E-state index in [0.29, 0.717) is 0 Å². The van der Waals surface area contributed by atoms with Crippen LogP contribution < -0.4 is 16.0 Å². The minimum absolute atomic E-state index is 0.115. The molecule has 102 valence electrons. The number of rotatable bonds is 5. The number of nitrogens with one attached hydrogen (secondary N) is 1. The number of nitrogens with zero attached hydrogens (tertiary/aromatic N) is 2. The van der Waals surface area contributed by atoms with Crippen LogP contribution in [-0.2, 0) is 0 Å². The highest BCUT2D eigenvalue weighted by Gasteiger charge is 2.18. The van der Waals surface area contributed by atoms with Crippen molar-refractivity contribution in [3.05, 3.63) is 40.4 Å². The average Bonchev–Trinajstić information content (AvgIpc) is 2.77. The Balaban J connectivity index is 2.31. The molecule has 0 spiro atoms. The summed E-state index contributed by atoms with van der Waals surface area (Å²) in [4.78, 5) is 1.02. The van der Waals surface area contributed by atoms with Gasteiger partial charge in [0, 0.05) is 0 Å². The van der Waals surface area contributed by atoms with Gasteiger partial charge in [0.2, 0.25) is 0 Å². The second-order valence-corrected chi connectivity index (χ2v) is 5.35. The van der Waals surface area contributed by atoms with Gasteiger partial charge in [-0.15, -0.1) is 5.10 Å². The van der Waals surface area contributed by atoms with Crippen molar-refractivity contribution in [1.82, 2.24) is 15.0 Å². The van der Waals surface area contributed by atoms with E-state index in [0.717, 1.165) is 21.9 Å². The number of aryl methyl sites for hydroxylation is 1. The Morgan fingerprint density at radius 2 is 2.16 bits per heavy atom. The normalized spacial score (nSPS) is 12.7. The van der Waals surface area contributed by atoms with Crippen LogP contribution in [0.4, 0.5) is 0 Å². The third-order valence-corrected chi connectivity index (χ3v) is 3.57. The van der Waals surface area contributed by atoms with E-state index in [1.165, 1.54) is 11.5 Å². The molecule has 3 N–H and O–H groups in total. The third-order valence-electron chi connectivity index (χ3n) is 2.68. The van der Waals surface area contributed by atoms with Crippen molar-refractivity contribution in [3.63, 3.8) is 0 Å². The molecule has 1 unspecified atom stereocenters. The van der Waals surface area contributed by atoms with E-state index in [1.54, 1.807) is 0 Å². The van der Waals surface area contributed by atoms with E-state index in [4.69, 9.17) is 10.6 Å². The molecule has 19 heavy (non-hydrogen) atoms. The molecule has 1 heterocycles. The fourth-order valence-corrected chi connectivity index (χ4v) is 2.60. The SMILES string of the molecule is Cc1nnsc1C(NN)c1cccc(OC(C)C)c1. The van der Waals surface area contributed by atoms with Crippen molar-refractivity contribution in [2.45, 2.75) is 32.9 Å². The molecule has 0 amide bonds. The van der Waals surface area contributed by atoms with Crippen LogP contribution in [0, 0.1) is 6.92 Å². The van der Waals surface area contributed by atoms with E-state index >= 15 is 0 Å². The predicted molar refractivity (Wildman–Crippen MR) is 76.0 cm³/mol. The zero-order chi connectivity index (χ0) is 13.8. The first-order valence-corrected chi connectivity index (χ1v) is 6.90. The molecule has 1 atom stereocenters. The van der Waals surface area contributed by atoms with E-state index in [9.17, 15) is 0 Å². The number of benzene rings is 1. The minimum Gasteiger partial charge on any atom is -0.491 e. The molecule has 2 rings (SSSR count). The maximum atomic E-state index is 5.70. The topological polar surface area (TPSA) is 73.1 Å². The van der Waals surface area contributed by atoms with Gasteiger partial charge in [0.1, 0.15) is 5.75 Å². The first-order valence-electron chi connectivity index (χ1n) is 6.13. The van der Waals surface area contributed by atoms with Gasteiger partial charge in [-0.25, -0.2) is 5.43 Å². The van der Waals surface area contributed by atoms with E-state index in [-0.39, 0.29) is 12.1 Å². The Morgan fingerprint density at radius 3 is 2.74 bits per heavy atom. The van der Waals surface area contributed by atoms with Gasteiger partial charge in [0.15, 0.2) is 0 Å². The zero-order valence-electron chi connectivity index (χ0n) is 11.3. The number of nitrogens with two attached hydrogens (primary N) is 1. The number of hydrazine groups is 1. The van der Waals surface area contributed by atoms with Gasteiger partial charge in [-0.3, -0.25) is 5.84 Å². The average molecular weight is 278 g/mol. The lowest BCUT2D eigenvalue weighted by molar-refractivity contribution is 0.242. The smallest absolute Gasteiger partial charge is 0.120 e. The van der Waals surface area contributed by atoms with Gasteiger partial charge in [-0.2, -0.15) is 0 Å². The maximum absolute atomic E-state index is 5.70. The van der Waals surface area contributed by atoms with Crippen LogP contribution in [0.2, 0.25) is 0 Å². The molecule has 0 radical (unpaired) electrons. The number of hydrogen-bond acceptors (Lipinski definition) is 6. The largest absolute Gasteiger partial charge is 0.491 e. The predicted octanol–water partition coefficient (Wildman–Crippen LogP) is 2.19. The molecular formula is C13H18N4OS. The fraction of sp³-hybridized carbons (Fsp3) is 0.385. The van der Waals surface area contributed by atoms with Crippen LogP contribution in [0.15, 0.2) is 24.3 Å². The monoisotopic (exact) mass is 278 g/mol. The molecule has 1 aromatic carbocycles. The third kappa shape index (κ3) is 3.28. The van der Waals surface area contributed by atoms with Crippen molar-refractivity contribution >= 4 is 11.5 Å². The van der Waals surface area contributed by atoms with Crippen LogP contribution in [0.25, 0.3) is 0 Å². The number of aromatic nitrogens is 2. The highest BCUT2D eigenvalue weighted by Crippen LogP contribution is 2.28. The quantitative estimate of drug-likeness (QED) is 0.648. The van der Waals surface area contributed by atoms with Gasteiger partial charge in [0.05, 0.1) is 22.7 Å². The van der Waals surface area contributed by atoms with Crippen LogP contribution >= 0.6 is 11.5 Å². The summed E-state index contributed by atoms with van der Waals surface area (Å²) >= 11 is 1.35. The number of ether oxygens (including phenoxy) is 1. The van der Waals surface area contributed by atoms with Gasteiger partial charge in [-0.1, -0.05) is 16.6 Å². The van der Waals surface area contributed by atoms with Crippen LogP contribution in [0.5, 0.6) is 5.75 Å². The Morgan fingerprint density at radius 1 is 1.37 bits per heavy atom. The summed E-state index contributed by atoms with van der Waals surface area (Å²) in [7, 11) is 0. The van der Waals surface area contributed by atoms with Gasteiger partial charge in [0.25, 0.3) is 0 Å². The first-order chi connectivity index (χ1) is 9.11. The lowest BCUT2D eigenvalue weighted by atomic mass is 10.0. The minimum atomic E-state index is -0.115. The Hall–Kier alpha value is -1.50. The lowest BCUT2D eigenvalue weighted by Gasteiger charge is -2.17. The standard InChI is InChI=1S/C13H18N4OS/c1-8(2)18-11-6-4-5-10(7-11)12(15-14)13-9(3)16-17-19-13/h4-8,12,15H,14H2,1-3H3. The van der Waals surface area contributed by atoms with Gasteiger partial charge < -0.3 is 4.74 Å². The molecule has 0 saturated heterocycles. The molecule has 0 fully saturated rings. The maximum Gasteiger partial charge on any atom is 0.120 e. The molecule has 1 aromatic heterocycles. The molecule has 0 aliphatic rings. The van der Waals surface area contributed by atoms with Crippen LogP contribution in [0.1, 0.15) is 36.0 Å². The second-order valence-electron chi connectivity index (χ2n) is 4.56. The molecule has 2 aromatic rings. The molecule has 5 nitrogen and oxygen atoms in total. The molecule has 0 aliphatic carbocycles. The highest BCUT2D eigenvalue weighted by atomic mass is 32.1. The lowest BCUT2D eigenvalue weighted by Crippen LogP contribution is -2.28. The van der Waals surface area contributed by atoms with Crippen molar-refractivity contribution < 1.29 is 4.74 Å². The molecule has 6 heteroatoms. The summed E-state index contributed by atoms with van der Waals surface area (Å²) in [6, 6.07) is 7.78. The van der Waals surface area contributed by atoms with Crippen molar-refractivity contribution in [1.29, 1.82) is 0 Å². The Kier molecular flexibility index (Phi) is 4.47. The summed E-state index contributed by atoms with van der Waals surface area (Å²) in [6.45, 7) is 5.93. The van der Waals surface area contributed by atoms with Crippen LogP contribution in [0.3, 0.4) is 0 Å². The molecule has 0 aliphatic heterocycles. The molecular weight excluding hydrogens is 260 g/mol. The summed E-state index contributed by atoms with van der Waals surface area (Å²) in [5.41, 5.74) is 4.75. The first kappa shape index (κ1) is 13.9. The van der Waals surface area contributed by atoms with Gasteiger partial charge >= 0.3 is 0 Å². The molecule has 0 saturated carbocycles. The van der Waals surface area contributed by atoms with Crippen molar-refractivity contribution in [2.24, 2.45) is 5.84 Å². The zero-order valence-corrected chi connectivity index (χ0v) is 12.1. The Labute approximate surface area is 116 Å². The van der Waals surface area contributed by atoms with E-state index in [2.05, 4.69) is 15.0 Å². The highest BCUT2D eigenvalue weighted by molar-refractivity contribution is 7.05. The summed E-state index contributed by atoms with van der Waals surface area (Å²) in [5, 5.41) is 4.02. The van der Waals surface area contributed by atoms with Crippen molar-refractivity contribution in [2.75, 3.05) is 0 Å². The van der Waals surface area contributed by atoms with E-state index in [1.807, 2.05) is 45.0 Å². The number of hydrogen-bond donors (Lipinski definition) is 2.